The van der Waals surface area contributed by atoms with Gasteiger partial charge < -0.3 is 10.2 Å². The van der Waals surface area contributed by atoms with Gasteiger partial charge in [0.05, 0.1) is 40.2 Å². The van der Waals surface area contributed by atoms with E-state index in [1.807, 2.05) is 74.5 Å². The zero-order chi connectivity index (χ0) is 30.7. The lowest BCUT2D eigenvalue weighted by Crippen LogP contribution is -2.48. The third kappa shape index (κ3) is 5.94. The Morgan fingerprint density at radius 3 is 2.35 bits per heavy atom. The van der Waals surface area contributed by atoms with Crippen LogP contribution in [0.1, 0.15) is 36.1 Å². The van der Waals surface area contributed by atoms with Crippen molar-refractivity contribution >= 4 is 64.0 Å². The molecule has 2 heterocycles. The van der Waals surface area contributed by atoms with Crippen molar-refractivity contribution < 1.29 is 9.59 Å². The molecule has 220 valence electrons. The highest BCUT2D eigenvalue weighted by atomic mass is 35.5. The molecule has 0 atom stereocenters. The molecule has 5 rings (SSSR count). The Morgan fingerprint density at radius 2 is 1.70 bits per heavy atom. The van der Waals surface area contributed by atoms with Gasteiger partial charge in [-0.15, -0.1) is 0 Å². The molecular weight excluding hydrogens is 583 g/mol. The van der Waals surface area contributed by atoms with Crippen molar-refractivity contribution in [2.45, 2.75) is 39.8 Å². The van der Waals surface area contributed by atoms with Crippen LogP contribution in [0, 0.1) is 0 Å². The van der Waals surface area contributed by atoms with Crippen molar-refractivity contribution in [1.82, 2.24) is 9.97 Å². The summed E-state index contributed by atoms with van der Waals surface area (Å²) in [6.07, 6.45) is 4.36. The Kier molecular flexibility index (Phi) is 8.99. The predicted octanol–water partition coefficient (Wildman–Crippen LogP) is 7.95. The summed E-state index contributed by atoms with van der Waals surface area (Å²) in [5.41, 5.74) is 5.28. The standard InChI is InChI=1S/C33H32Cl2N6O2/c1-5-22-17-23(6-2)29(35)30(28(22)34)40-20-24-18-36-32(37-25-15-11-12-16-26(25)39(4)27(42)7-3)38-31(24)41(33(40)43)19-21-13-9-8-10-14-21/h7-18H,3,5-6,19-20H2,1-2,4H3,(H,36,37,38). The SMILES string of the molecule is C=CC(=O)N(C)c1ccccc1Nc1ncc2c(n1)N(Cc1ccccc1)C(=O)N(c1c(Cl)c(CC)cc(CC)c1Cl)C2. The third-order valence-corrected chi connectivity index (χ3v) is 8.29. The van der Waals surface area contributed by atoms with Crippen LogP contribution in [-0.2, 0) is 30.7 Å². The second-order valence-electron chi connectivity index (χ2n) is 10.1. The number of benzene rings is 3. The summed E-state index contributed by atoms with van der Waals surface area (Å²) in [6.45, 7) is 8.11. The minimum atomic E-state index is -0.295. The molecule has 4 aromatic rings. The summed E-state index contributed by atoms with van der Waals surface area (Å²) < 4.78 is 0. The number of nitrogens with zero attached hydrogens (tertiary/aromatic N) is 5. The van der Waals surface area contributed by atoms with E-state index in [0.717, 1.165) is 22.3 Å². The molecule has 1 aliphatic heterocycles. The number of para-hydroxylation sites is 2. The second-order valence-corrected chi connectivity index (χ2v) is 10.9. The van der Waals surface area contributed by atoms with E-state index in [-0.39, 0.29) is 31.0 Å². The van der Waals surface area contributed by atoms with Crippen LogP contribution in [-0.4, -0.2) is 29.0 Å². The Morgan fingerprint density at radius 1 is 1.05 bits per heavy atom. The Balaban J connectivity index is 1.59. The first-order chi connectivity index (χ1) is 20.8. The van der Waals surface area contributed by atoms with Crippen LogP contribution in [0.5, 0.6) is 0 Å². The van der Waals surface area contributed by atoms with Crippen molar-refractivity contribution in [3.05, 3.63) is 112 Å². The number of fused-ring (bicyclic) bond motifs is 1. The number of hydrogen-bond donors (Lipinski definition) is 1. The topological polar surface area (TPSA) is 81.7 Å². The van der Waals surface area contributed by atoms with E-state index in [9.17, 15) is 9.59 Å². The fraction of sp³-hybridized carbons (Fsp3) is 0.212. The molecule has 0 unspecified atom stereocenters. The molecule has 0 fully saturated rings. The van der Waals surface area contributed by atoms with Gasteiger partial charge in [0.1, 0.15) is 5.82 Å². The van der Waals surface area contributed by atoms with Crippen LogP contribution in [0.2, 0.25) is 10.0 Å². The fourth-order valence-corrected chi connectivity index (χ4v) is 5.92. The van der Waals surface area contributed by atoms with Crippen LogP contribution < -0.4 is 20.0 Å². The monoisotopic (exact) mass is 614 g/mol. The number of rotatable bonds is 9. The largest absolute Gasteiger partial charge is 0.330 e. The molecule has 1 aliphatic rings. The molecule has 0 saturated heterocycles. The quantitative estimate of drug-likeness (QED) is 0.193. The number of aromatic nitrogens is 2. The van der Waals surface area contributed by atoms with Crippen LogP contribution in [0.4, 0.5) is 33.6 Å². The van der Waals surface area contributed by atoms with Gasteiger partial charge in [-0.1, -0.05) is 92.2 Å². The van der Waals surface area contributed by atoms with Crippen molar-refractivity contribution in [3.63, 3.8) is 0 Å². The first kappa shape index (κ1) is 30.1. The van der Waals surface area contributed by atoms with Gasteiger partial charge in [0.15, 0.2) is 0 Å². The minimum Gasteiger partial charge on any atom is -0.322 e. The Bertz CT molecular complexity index is 1670. The smallest absolute Gasteiger partial charge is 0.322 e. The first-order valence-corrected chi connectivity index (χ1v) is 14.8. The lowest BCUT2D eigenvalue weighted by Gasteiger charge is -2.37. The van der Waals surface area contributed by atoms with Gasteiger partial charge in [0, 0.05) is 18.8 Å². The third-order valence-electron chi connectivity index (χ3n) is 7.45. The van der Waals surface area contributed by atoms with E-state index in [0.29, 0.717) is 45.8 Å². The van der Waals surface area contributed by atoms with Crippen molar-refractivity contribution in [2.75, 3.05) is 27.1 Å². The molecule has 3 amide bonds. The first-order valence-electron chi connectivity index (χ1n) is 14.0. The van der Waals surface area contributed by atoms with E-state index < -0.39 is 0 Å². The molecule has 0 bridgehead atoms. The highest BCUT2D eigenvalue weighted by molar-refractivity contribution is 6.41. The summed E-state index contributed by atoms with van der Waals surface area (Å²) >= 11 is 13.8. The average molecular weight is 616 g/mol. The van der Waals surface area contributed by atoms with Gasteiger partial charge in [-0.25, -0.2) is 9.78 Å². The van der Waals surface area contributed by atoms with E-state index in [1.54, 1.807) is 23.0 Å². The van der Waals surface area contributed by atoms with E-state index >= 15 is 0 Å². The van der Waals surface area contributed by atoms with Crippen LogP contribution in [0.3, 0.4) is 0 Å². The van der Waals surface area contributed by atoms with Gasteiger partial charge in [0.25, 0.3) is 0 Å². The lowest BCUT2D eigenvalue weighted by atomic mass is 10.0. The number of carbonyl (C=O) groups excluding carboxylic acids is 2. The number of aryl methyl sites for hydroxylation is 2. The molecule has 8 nitrogen and oxygen atoms in total. The normalized spacial score (nSPS) is 12.6. The van der Waals surface area contributed by atoms with Gasteiger partial charge >= 0.3 is 6.03 Å². The van der Waals surface area contributed by atoms with Gasteiger partial charge in [0.2, 0.25) is 11.9 Å². The molecule has 1 aromatic heterocycles. The van der Waals surface area contributed by atoms with Crippen LogP contribution in [0.25, 0.3) is 0 Å². The number of urea groups is 1. The van der Waals surface area contributed by atoms with Crippen molar-refractivity contribution in [2.24, 2.45) is 0 Å². The van der Waals surface area contributed by atoms with Gasteiger partial charge in [-0.3, -0.25) is 14.6 Å². The molecule has 10 heteroatoms. The van der Waals surface area contributed by atoms with Crippen molar-refractivity contribution in [3.8, 4) is 0 Å². The van der Waals surface area contributed by atoms with E-state index in [1.165, 1.54) is 11.0 Å². The number of halogens is 2. The molecule has 3 aromatic carbocycles. The van der Waals surface area contributed by atoms with Gasteiger partial charge in [-0.05, 0) is 47.7 Å². The number of likely N-dealkylation sites (N-methyl/N-ethyl adjacent to an activating group) is 1. The van der Waals surface area contributed by atoms with Gasteiger partial charge in [-0.2, -0.15) is 4.98 Å². The number of anilines is 5. The summed E-state index contributed by atoms with van der Waals surface area (Å²) in [5, 5.41) is 4.16. The number of nitrogens with one attached hydrogen (secondary N) is 1. The van der Waals surface area contributed by atoms with E-state index in [4.69, 9.17) is 28.2 Å². The minimum absolute atomic E-state index is 0.197. The molecule has 0 radical (unpaired) electrons. The average Bonchev–Trinajstić information content (AvgIpc) is 3.03. The maximum Gasteiger partial charge on any atom is 0.330 e. The number of hydrogen-bond acceptors (Lipinski definition) is 5. The van der Waals surface area contributed by atoms with E-state index in [2.05, 4.69) is 16.9 Å². The maximum absolute atomic E-state index is 14.3. The molecular formula is C33H32Cl2N6O2. The number of carbonyl (C=O) groups is 2. The van der Waals surface area contributed by atoms with Crippen LogP contribution >= 0.6 is 23.2 Å². The molecule has 0 spiro atoms. The zero-order valence-electron chi connectivity index (χ0n) is 24.3. The Labute approximate surface area is 261 Å². The van der Waals surface area contributed by atoms with Crippen molar-refractivity contribution in [1.29, 1.82) is 0 Å². The highest BCUT2D eigenvalue weighted by Crippen LogP contribution is 2.43. The maximum atomic E-state index is 14.3. The summed E-state index contributed by atoms with van der Waals surface area (Å²) in [5.74, 6) is 0.503. The zero-order valence-corrected chi connectivity index (χ0v) is 25.8. The molecule has 0 aliphatic carbocycles. The summed E-state index contributed by atoms with van der Waals surface area (Å²) in [4.78, 5) is 40.8. The predicted molar refractivity (Wildman–Crippen MR) is 175 cm³/mol. The number of amides is 3. The fourth-order valence-electron chi connectivity index (χ4n) is 5.10. The second kappa shape index (κ2) is 12.9. The Hall–Kier alpha value is -4.40. The molecule has 0 saturated carbocycles. The van der Waals surface area contributed by atoms with Crippen LogP contribution in [0.15, 0.2) is 79.5 Å². The molecule has 43 heavy (non-hydrogen) atoms. The summed E-state index contributed by atoms with van der Waals surface area (Å²) in [7, 11) is 1.67. The highest BCUT2D eigenvalue weighted by Gasteiger charge is 2.36. The lowest BCUT2D eigenvalue weighted by molar-refractivity contribution is -0.113. The summed E-state index contributed by atoms with van der Waals surface area (Å²) in [6, 6.07) is 18.8. The molecule has 1 N–H and O–H groups in total.